The topological polar surface area (TPSA) is 29.5 Å². The van der Waals surface area contributed by atoms with Gasteiger partial charge in [-0.3, -0.25) is 4.79 Å². The number of hydrogen-bond acceptors (Lipinski definition) is 2. The fraction of sp³-hybridized carbons (Fsp3) is 0.476. The third-order valence-corrected chi connectivity index (χ3v) is 5.53. The van der Waals surface area contributed by atoms with E-state index >= 15 is 0 Å². The molecule has 1 amide bonds. The van der Waals surface area contributed by atoms with Crippen LogP contribution < -0.4 is 0 Å². The van der Waals surface area contributed by atoms with Gasteiger partial charge in [-0.25, -0.2) is 0 Å². The summed E-state index contributed by atoms with van der Waals surface area (Å²) in [5.74, 6) is 1.40. The quantitative estimate of drug-likeness (QED) is 0.837. The van der Waals surface area contributed by atoms with Gasteiger partial charge in [0.1, 0.15) is 0 Å². The first-order valence-electron chi connectivity index (χ1n) is 9.12. The SMILES string of the molecule is CCN(CC1CCOC1)C(=O)C1CC1c1cccc2ccccc12. The van der Waals surface area contributed by atoms with Crippen molar-refractivity contribution in [2.75, 3.05) is 26.3 Å². The fourth-order valence-electron chi connectivity index (χ4n) is 4.03. The summed E-state index contributed by atoms with van der Waals surface area (Å²) in [6.45, 7) is 5.39. The largest absolute Gasteiger partial charge is 0.381 e. The maximum absolute atomic E-state index is 12.9. The lowest BCUT2D eigenvalue weighted by molar-refractivity contribution is -0.133. The molecular formula is C21H25NO2. The van der Waals surface area contributed by atoms with Crippen LogP contribution in [-0.2, 0) is 9.53 Å². The van der Waals surface area contributed by atoms with Crippen molar-refractivity contribution in [1.82, 2.24) is 4.90 Å². The summed E-state index contributed by atoms with van der Waals surface area (Å²) in [5.41, 5.74) is 1.34. The molecule has 1 saturated heterocycles. The van der Waals surface area contributed by atoms with E-state index in [0.29, 0.717) is 17.7 Å². The van der Waals surface area contributed by atoms with Crippen molar-refractivity contribution in [2.45, 2.75) is 25.7 Å². The summed E-state index contributed by atoms with van der Waals surface area (Å²) in [5, 5.41) is 2.57. The standard InChI is InChI=1S/C21H25NO2/c1-2-22(13-15-10-11-24-14-15)21(23)20-12-19(20)18-9-5-7-16-6-3-4-8-17(16)18/h3-9,15,19-20H,2,10-14H2,1H3. The second kappa shape index (κ2) is 6.56. The van der Waals surface area contributed by atoms with Gasteiger partial charge in [0.15, 0.2) is 0 Å². The minimum atomic E-state index is 0.165. The van der Waals surface area contributed by atoms with Gasteiger partial charge in [0.2, 0.25) is 5.91 Å². The molecule has 4 rings (SSSR count). The third kappa shape index (κ3) is 2.93. The average Bonchev–Trinajstić information content (AvgIpc) is 3.25. The monoisotopic (exact) mass is 323 g/mol. The highest BCUT2D eigenvalue weighted by atomic mass is 16.5. The highest BCUT2D eigenvalue weighted by Gasteiger charge is 2.46. The van der Waals surface area contributed by atoms with Crippen LogP contribution in [0.5, 0.6) is 0 Å². The number of nitrogens with zero attached hydrogens (tertiary/aromatic N) is 1. The Morgan fingerprint density at radius 1 is 1.21 bits per heavy atom. The van der Waals surface area contributed by atoms with Crippen LogP contribution in [-0.4, -0.2) is 37.1 Å². The van der Waals surface area contributed by atoms with E-state index in [1.165, 1.54) is 16.3 Å². The molecule has 0 aromatic heterocycles. The van der Waals surface area contributed by atoms with E-state index in [1.807, 2.05) is 0 Å². The summed E-state index contributed by atoms with van der Waals surface area (Å²) in [6, 6.07) is 14.9. The predicted molar refractivity (Wildman–Crippen MR) is 96.0 cm³/mol. The summed E-state index contributed by atoms with van der Waals surface area (Å²) in [7, 11) is 0. The van der Waals surface area contributed by atoms with Crippen molar-refractivity contribution in [3.8, 4) is 0 Å². The van der Waals surface area contributed by atoms with Gasteiger partial charge >= 0.3 is 0 Å². The van der Waals surface area contributed by atoms with Gasteiger partial charge in [-0.15, -0.1) is 0 Å². The number of rotatable bonds is 5. The normalized spacial score (nSPS) is 25.8. The molecule has 2 aromatic rings. The van der Waals surface area contributed by atoms with Gasteiger partial charge in [0.05, 0.1) is 6.61 Å². The zero-order chi connectivity index (χ0) is 16.5. The van der Waals surface area contributed by atoms with E-state index in [0.717, 1.165) is 39.1 Å². The van der Waals surface area contributed by atoms with Crippen LogP contribution >= 0.6 is 0 Å². The Bertz CT molecular complexity index is 730. The van der Waals surface area contributed by atoms with Crippen LogP contribution in [0.3, 0.4) is 0 Å². The molecule has 1 heterocycles. The number of carbonyl (C=O) groups is 1. The molecule has 3 heteroatoms. The summed E-state index contributed by atoms with van der Waals surface area (Å²) in [6.07, 6.45) is 2.08. The van der Waals surface area contributed by atoms with Crippen LogP contribution in [0, 0.1) is 11.8 Å². The Balaban J connectivity index is 1.49. The second-order valence-electron chi connectivity index (χ2n) is 7.12. The number of amides is 1. The minimum absolute atomic E-state index is 0.165. The molecule has 0 radical (unpaired) electrons. The van der Waals surface area contributed by atoms with Gasteiger partial charge in [-0.2, -0.15) is 0 Å². The summed E-state index contributed by atoms with van der Waals surface area (Å²) < 4.78 is 5.46. The Kier molecular flexibility index (Phi) is 4.28. The van der Waals surface area contributed by atoms with Gasteiger partial charge in [0.25, 0.3) is 0 Å². The first-order chi connectivity index (χ1) is 11.8. The summed E-state index contributed by atoms with van der Waals surface area (Å²) in [4.78, 5) is 15.0. The van der Waals surface area contributed by atoms with E-state index in [2.05, 4.69) is 54.3 Å². The molecule has 24 heavy (non-hydrogen) atoms. The molecule has 1 aliphatic heterocycles. The van der Waals surface area contributed by atoms with Crippen molar-refractivity contribution in [3.05, 3.63) is 48.0 Å². The van der Waals surface area contributed by atoms with Gasteiger partial charge < -0.3 is 9.64 Å². The molecular weight excluding hydrogens is 298 g/mol. The molecule has 0 spiro atoms. The van der Waals surface area contributed by atoms with E-state index < -0.39 is 0 Å². The van der Waals surface area contributed by atoms with Crippen molar-refractivity contribution in [1.29, 1.82) is 0 Å². The molecule has 0 bridgehead atoms. The molecule has 126 valence electrons. The lowest BCUT2D eigenvalue weighted by Crippen LogP contribution is -2.36. The van der Waals surface area contributed by atoms with E-state index in [-0.39, 0.29) is 5.92 Å². The summed E-state index contributed by atoms with van der Waals surface area (Å²) >= 11 is 0. The molecule has 3 unspecified atom stereocenters. The zero-order valence-electron chi connectivity index (χ0n) is 14.3. The molecule has 3 atom stereocenters. The smallest absolute Gasteiger partial charge is 0.226 e. The molecule has 2 aromatic carbocycles. The predicted octanol–water partition coefficient (Wildman–Crippen LogP) is 3.83. The van der Waals surface area contributed by atoms with Crippen LogP contribution in [0.4, 0.5) is 0 Å². The number of benzene rings is 2. The van der Waals surface area contributed by atoms with Crippen LogP contribution in [0.1, 0.15) is 31.2 Å². The average molecular weight is 323 g/mol. The lowest BCUT2D eigenvalue weighted by Gasteiger charge is -2.24. The molecule has 2 fully saturated rings. The minimum Gasteiger partial charge on any atom is -0.381 e. The number of ether oxygens (including phenoxy) is 1. The fourth-order valence-corrected chi connectivity index (χ4v) is 4.03. The first-order valence-corrected chi connectivity index (χ1v) is 9.12. The number of hydrogen-bond donors (Lipinski definition) is 0. The van der Waals surface area contributed by atoms with Crippen LogP contribution in [0.25, 0.3) is 10.8 Å². The van der Waals surface area contributed by atoms with E-state index in [1.54, 1.807) is 0 Å². The lowest BCUT2D eigenvalue weighted by atomic mass is 10.00. The third-order valence-electron chi connectivity index (χ3n) is 5.53. The van der Waals surface area contributed by atoms with Gasteiger partial charge in [0, 0.05) is 31.5 Å². The van der Waals surface area contributed by atoms with Crippen molar-refractivity contribution in [2.24, 2.45) is 11.8 Å². The molecule has 0 N–H and O–H groups in total. The Hall–Kier alpha value is -1.87. The molecule has 1 saturated carbocycles. The highest BCUT2D eigenvalue weighted by molar-refractivity contribution is 5.89. The van der Waals surface area contributed by atoms with E-state index in [4.69, 9.17) is 4.74 Å². The zero-order valence-corrected chi connectivity index (χ0v) is 14.3. The van der Waals surface area contributed by atoms with Crippen molar-refractivity contribution in [3.63, 3.8) is 0 Å². The van der Waals surface area contributed by atoms with Gasteiger partial charge in [-0.1, -0.05) is 42.5 Å². The maximum Gasteiger partial charge on any atom is 0.226 e. The molecule has 3 nitrogen and oxygen atoms in total. The van der Waals surface area contributed by atoms with Crippen LogP contribution in [0.15, 0.2) is 42.5 Å². The Morgan fingerprint density at radius 3 is 2.83 bits per heavy atom. The first kappa shape index (κ1) is 15.6. The number of fused-ring (bicyclic) bond motifs is 1. The van der Waals surface area contributed by atoms with E-state index in [9.17, 15) is 4.79 Å². The van der Waals surface area contributed by atoms with Gasteiger partial charge in [-0.05, 0) is 42.0 Å². The highest BCUT2D eigenvalue weighted by Crippen LogP contribution is 2.50. The second-order valence-corrected chi connectivity index (χ2v) is 7.12. The molecule has 1 aliphatic carbocycles. The van der Waals surface area contributed by atoms with Crippen molar-refractivity contribution >= 4 is 16.7 Å². The molecule has 2 aliphatic rings. The maximum atomic E-state index is 12.9. The Morgan fingerprint density at radius 2 is 2.04 bits per heavy atom. The van der Waals surface area contributed by atoms with Crippen LogP contribution in [0.2, 0.25) is 0 Å². The van der Waals surface area contributed by atoms with Crippen molar-refractivity contribution < 1.29 is 9.53 Å². The Labute approximate surface area is 143 Å². The number of carbonyl (C=O) groups excluding carboxylic acids is 1.